The lowest BCUT2D eigenvalue weighted by atomic mass is 10.0. The monoisotopic (exact) mass is 246 g/mol. The van der Waals surface area contributed by atoms with E-state index in [9.17, 15) is 13.2 Å². The molecule has 1 fully saturated rings. The number of rotatable bonds is 3. The van der Waals surface area contributed by atoms with Crippen LogP contribution in [0.2, 0.25) is 0 Å². The molecule has 0 aromatic carbocycles. The number of nitrogens with one attached hydrogen (secondary N) is 2. The molecule has 0 aliphatic carbocycles. The molecule has 2 N–H and O–H groups in total. The minimum Gasteiger partial charge on any atom is -0.274 e. The summed E-state index contributed by atoms with van der Waals surface area (Å²) >= 11 is 0. The van der Waals surface area contributed by atoms with Gasteiger partial charge >= 0.3 is 6.18 Å². The van der Waals surface area contributed by atoms with Crippen LogP contribution >= 0.6 is 0 Å². The number of nitrogens with zero attached hydrogens (tertiary/aromatic N) is 2. The summed E-state index contributed by atoms with van der Waals surface area (Å²) in [6.45, 7) is 1.78. The van der Waals surface area contributed by atoms with Crippen molar-refractivity contribution in [2.75, 3.05) is 0 Å². The lowest BCUT2D eigenvalue weighted by molar-refractivity contribution is -0.202. The molecule has 0 aromatic rings. The van der Waals surface area contributed by atoms with Crippen LogP contribution in [0.5, 0.6) is 0 Å². The molecule has 1 aliphatic heterocycles. The number of halogens is 3. The SMILES string of the molecule is CCCCC1(C(F)(F)F)NC(C#N)C(C#N)N1. The van der Waals surface area contributed by atoms with Gasteiger partial charge in [0.2, 0.25) is 0 Å². The van der Waals surface area contributed by atoms with Crippen molar-refractivity contribution in [3.05, 3.63) is 0 Å². The van der Waals surface area contributed by atoms with Crippen molar-refractivity contribution in [1.29, 1.82) is 10.5 Å². The predicted octanol–water partition coefficient (Wildman–Crippen LogP) is 1.41. The third-order valence-corrected chi connectivity index (χ3v) is 2.80. The van der Waals surface area contributed by atoms with E-state index >= 15 is 0 Å². The van der Waals surface area contributed by atoms with Crippen LogP contribution in [0.3, 0.4) is 0 Å². The standard InChI is InChI=1S/C10H13F3N4/c1-2-3-4-9(10(11,12)13)16-7(5-14)8(6-15)17-9/h7-8,16-17H,2-4H2,1H3. The number of hydrogen-bond donors (Lipinski definition) is 2. The van der Waals surface area contributed by atoms with Crippen molar-refractivity contribution in [1.82, 2.24) is 10.6 Å². The second-order valence-corrected chi connectivity index (χ2v) is 4.01. The first kappa shape index (κ1) is 13.8. The van der Waals surface area contributed by atoms with E-state index in [4.69, 9.17) is 10.5 Å². The molecule has 1 heterocycles. The van der Waals surface area contributed by atoms with E-state index in [0.29, 0.717) is 12.8 Å². The second-order valence-electron chi connectivity index (χ2n) is 4.01. The van der Waals surface area contributed by atoms with Crippen LogP contribution in [0, 0.1) is 22.7 Å². The molecule has 2 atom stereocenters. The molecule has 0 bridgehead atoms. The van der Waals surface area contributed by atoms with Crippen molar-refractivity contribution in [2.45, 2.75) is 50.1 Å². The van der Waals surface area contributed by atoms with Crippen molar-refractivity contribution in [3.63, 3.8) is 0 Å². The highest BCUT2D eigenvalue weighted by Gasteiger charge is 2.60. The number of alkyl halides is 3. The van der Waals surface area contributed by atoms with E-state index in [1.165, 1.54) is 0 Å². The summed E-state index contributed by atoms with van der Waals surface area (Å²) in [6, 6.07) is 1.06. The van der Waals surface area contributed by atoms with Crippen molar-refractivity contribution >= 4 is 0 Å². The maximum absolute atomic E-state index is 13.0. The maximum Gasteiger partial charge on any atom is 0.420 e. The van der Waals surface area contributed by atoms with Gasteiger partial charge in [-0.1, -0.05) is 19.8 Å². The van der Waals surface area contributed by atoms with Gasteiger partial charge in [-0.05, 0) is 6.42 Å². The Balaban J connectivity index is 2.96. The summed E-state index contributed by atoms with van der Waals surface area (Å²) in [4.78, 5) is 0. The summed E-state index contributed by atoms with van der Waals surface area (Å²) in [5, 5.41) is 21.9. The van der Waals surface area contributed by atoms with Gasteiger partial charge in [-0.25, -0.2) is 0 Å². The summed E-state index contributed by atoms with van der Waals surface area (Å²) in [5.74, 6) is 0. The molecule has 0 amide bonds. The molecular formula is C10H13F3N4. The van der Waals surface area contributed by atoms with Crippen LogP contribution < -0.4 is 10.6 Å². The van der Waals surface area contributed by atoms with Crippen molar-refractivity contribution < 1.29 is 13.2 Å². The number of nitriles is 2. The van der Waals surface area contributed by atoms with Crippen LogP contribution in [0.25, 0.3) is 0 Å². The fourth-order valence-corrected chi connectivity index (χ4v) is 1.84. The van der Waals surface area contributed by atoms with E-state index in [2.05, 4.69) is 10.6 Å². The third-order valence-electron chi connectivity index (χ3n) is 2.80. The molecule has 4 nitrogen and oxygen atoms in total. The fourth-order valence-electron chi connectivity index (χ4n) is 1.84. The average Bonchev–Trinajstić information content (AvgIpc) is 2.65. The normalized spacial score (nSPS) is 33.1. The minimum absolute atomic E-state index is 0.191. The minimum atomic E-state index is -4.54. The summed E-state index contributed by atoms with van der Waals surface area (Å²) < 4.78 is 39.0. The second kappa shape index (κ2) is 4.91. The van der Waals surface area contributed by atoms with Crippen LogP contribution in [-0.2, 0) is 0 Å². The molecule has 1 aliphatic rings. The molecule has 0 spiro atoms. The van der Waals surface area contributed by atoms with Gasteiger partial charge in [0, 0.05) is 0 Å². The Morgan fingerprint density at radius 1 is 1.18 bits per heavy atom. The highest BCUT2D eigenvalue weighted by Crippen LogP contribution is 2.36. The zero-order valence-corrected chi connectivity index (χ0v) is 9.30. The van der Waals surface area contributed by atoms with Gasteiger partial charge in [-0.2, -0.15) is 23.7 Å². The van der Waals surface area contributed by atoms with Crippen LogP contribution in [0.1, 0.15) is 26.2 Å². The first-order valence-electron chi connectivity index (χ1n) is 5.31. The summed E-state index contributed by atoms with van der Waals surface area (Å²) in [5.41, 5.74) is -2.32. The Bertz CT molecular complexity index is 330. The highest BCUT2D eigenvalue weighted by atomic mass is 19.4. The fraction of sp³-hybridized carbons (Fsp3) is 0.800. The van der Waals surface area contributed by atoms with Gasteiger partial charge in [0.1, 0.15) is 12.1 Å². The largest absolute Gasteiger partial charge is 0.420 e. The first-order chi connectivity index (χ1) is 7.90. The topological polar surface area (TPSA) is 71.6 Å². The maximum atomic E-state index is 13.0. The Morgan fingerprint density at radius 2 is 1.65 bits per heavy atom. The molecule has 94 valence electrons. The summed E-state index contributed by atoms with van der Waals surface area (Å²) in [7, 11) is 0. The van der Waals surface area contributed by atoms with E-state index in [-0.39, 0.29) is 6.42 Å². The smallest absolute Gasteiger partial charge is 0.274 e. The predicted molar refractivity (Wildman–Crippen MR) is 53.4 cm³/mol. The van der Waals surface area contributed by atoms with Gasteiger partial charge in [0.15, 0.2) is 5.66 Å². The molecule has 2 unspecified atom stereocenters. The molecule has 0 radical (unpaired) electrons. The lowest BCUT2D eigenvalue weighted by Gasteiger charge is -2.32. The summed E-state index contributed by atoms with van der Waals surface area (Å²) in [6.07, 6.45) is -3.77. The molecule has 17 heavy (non-hydrogen) atoms. The number of hydrogen-bond acceptors (Lipinski definition) is 4. The van der Waals surface area contributed by atoms with Crippen molar-refractivity contribution in [2.24, 2.45) is 0 Å². The van der Waals surface area contributed by atoms with Crippen LogP contribution in [-0.4, -0.2) is 23.9 Å². The van der Waals surface area contributed by atoms with Crippen LogP contribution in [0.4, 0.5) is 13.2 Å². The van der Waals surface area contributed by atoms with Gasteiger partial charge in [0.25, 0.3) is 0 Å². The first-order valence-corrected chi connectivity index (χ1v) is 5.31. The highest BCUT2D eigenvalue weighted by molar-refractivity contribution is 5.19. The van der Waals surface area contributed by atoms with Gasteiger partial charge < -0.3 is 0 Å². The Kier molecular flexibility index (Phi) is 3.97. The van der Waals surface area contributed by atoms with Gasteiger partial charge in [0.05, 0.1) is 12.1 Å². The van der Waals surface area contributed by atoms with Crippen LogP contribution in [0.15, 0.2) is 0 Å². The lowest BCUT2D eigenvalue weighted by Crippen LogP contribution is -2.61. The van der Waals surface area contributed by atoms with Crippen molar-refractivity contribution in [3.8, 4) is 12.1 Å². The third kappa shape index (κ3) is 2.51. The van der Waals surface area contributed by atoms with E-state index in [1.54, 1.807) is 19.1 Å². The molecule has 1 saturated heterocycles. The molecule has 0 aromatic heterocycles. The van der Waals surface area contributed by atoms with E-state index in [0.717, 1.165) is 0 Å². The molecule has 7 heteroatoms. The Morgan fingerprint density at radius 3 is 1.94 bits per heavy atom. The van der Waals surface area contributed by atoms with E-state index < -0.39 is 23.9 Å². The Hall–Kier alpha value is -1.31. The van der Waals surface area contributed by atoms with Gasteiger partial charge in [-0.3, -0.25) is 10.6 Å². The quantitative estimate of drug-likeness (QED) is 0.789. The zero-order chi connectivity index (χ0) is 13.1. The average molecular weight is 246 g/mol. The number of unbranched alkanes of at least 4 members (excludes halogenated alkanes) is 1. The zero-order valence-electron chi connectivity index (χ0n) is 9.30. The van der Waals surface area contributed by atoms with Gasteiger partial charge in [-0.15, -0.1) is 0 Å². The Labute approximate surface area is 97.4 Å². The van der Waals surface area contributed by atoms with E-state index in [1.807, 2.05) is 0 Å². The molecule has 0 saturated carbocycles. The molecule has 1 rings (SSSR count). The molecular weight excluding hydrogens is 233 g/mol.